The zero-order chi connectivity index (χ0) is 11.3. The average molecular weight is 207 g/mol. The van der Waals surface area contributed by atoms with E-state index in [1.165, 1.54) is 6.07 Å². The van der Waals surface area contributed by atoms with Crippen LogP contribution in [0.2, 0.25) is 0 Å². The maximum absolute atomic E-state index is 13.5. The fraction of sp³-hybridized carbons (Fsp3) is 0.250. The Balaban J connectivity index is 2.73. The Morgan fingerprint density at radius 3 is 3.00 bits per heavy atom. The van der Waals surface area contributed by atoms with Gasteiger partial charge in [0.25, 0.3) is 5.91 Å². The van der Waals surface area contributed by atoms with Gasteiger partial charge in [0.05, 0.1) is 5.56 Å². The van der Waals surface area contributed by atoms with E-state index in [4.69, 9.17) is 0 Å². The molecule has 2 nitrogen and oxygen atoms in total. The van der Waals surface area contributed by atoms with Crippen molar-refractivity contribution in [1.82, 2.24) is 5.32 Å². The first-order valence-electron chi connectivity index (χ1n) is 4.81. The molecule has 0 aliphatic heterocycles. The molecule has 0 unspecified atom stereocenters. The summed E-state index contributed by atoms with van der Waals surface area (Å²) in [6.45, 7) is 5.65. The number of aryl methyl sites for hydroxylation is 1. The van der Waals surface area contributed by atoms with Crippen LogP contribution in [0.1, 0.15) is 22.3 Å². The predicted octanol–water partition coefficient (Wildman–Crippen LogP) is 2.44. The van der Waals surface area contributed by atoms with Crippen LogP contribution < -0.4 is 5.32 Å². The normalized spacial score (nSPS) is 9.73. The lowest BCUT2D eigenvalue weighted by Crippen LogP contribution is -2.25. The van der Waals surface area contributed by atoms with Crippen molar-refractivity contribution < 1.29 is 9.18 Å². The van der Waals surface area contributed by atoms with E-state index in [1.807, 2.05) is 0 Å². The van der Waals surface area contributed by atoms with Gasteiger partial charge in [0.2, 0.25) is 0 Å². The summed E-state index contributed by atoms with van der Waals surface area (Å²) in [5.74, 6) is -0.827. The lowest BCUT2D eigenvalue weighted by Gasteiger charge is -2.05. The number of hydrogen-bond donors (Lipinski definition) is 1. The molecule has 0 spiro atoms. The van der Waals surface area contributed by atoms with E-state index >= 15 is 0 Å². The van der Waals surface area contributed by atoms with Crippen LogP contribution in [0, 0.1) is 12.7 Å². The van der Waals surface area contributed by atoms with Gasteiger partial charge in [-0.15, -0.1) is 6.58 Å². The zero-order valence-electron chi connectivity index (χ0n) is 8.72. The van der Waals surface area contributed by atoms with E-state index in [2.05, 4.69) is 11.9 Å². The van der Waals surface area contributed by atoms with Crippen LogP contribution in [0.25, 0.3) is 0 Å². The lowest BCUT2D eigenvalue weighted by molar-refractivity contribution is 0.0950. The third-order valence-corrected chi connectivity index (χ3v) is 2.07. The Morgan fingerprint density at radius 2 is 2.33 bits per heavy atom. The molecule has 1 amide bonds. The number of benzene rings is 1. The highest BCUT2D eigenvalue weighted by Gasteiger charge is 2.11. The summed E-state index contributed by atoms with van der Waals surface area (Å²) < 4.78 is 13.5. The summed E-state index contributed by atoms with van der Waals surface area (Å²) in [5.41, 5.74) is 0.574. The van der Waals surface area contributed by atoms with Gasteiger partial charge in [-0.05, 0) is 25.0 Å². The first-order chi connectivity index (χ1) is 7.16. The van der Waals surface area contributed by atoms with Gasteiger partial charge in [0.1, 0.15) is 5.82 Å². The number of rotatable bonds is 4. The molecule has 3 heteroatoms. The second-order valence-electron chi connectivity index (χ2n) is 3.27. The largest absolute Gasteiger partial charge is 0.352 e. The second-order valence-corrected chi connectivity index (χ2v) is 3.27. The minimum absolute atomic E-state index is 0.0964. The number of amides is 1. The molecule has 1 rings (SSSR count). The van der Waals surface area contributed by atoms with Crippen LogP contribution in [-0.4, -0.2) is 12.5 Å². The number of carbonyl (C=O) groups is 1. The van der Waals surface area contributed by atoms with Crippen molar-refractivity contribution in [3.8, 4) is 0 Å². The van der Waals surface area contributed by atoms with Gasteiger partial charge in [-0.2, -0.15) is 0 Å². The Labute approximate surface area is 88.8 Å². The van der Waals surface area contributed by atoms with Crippen molar-refractivity contribution >= 4 is 5.91 Å². The summed E-state index contributed by atoms with van der Waals surface area (Å²) in [7, 11) is 0. The maximum atomic E-state index is 13.5. The second kappa shape index (κ2) is 5.29. The average Bonchev–Trinajstić information content (AvgIpc) is 2.22. The molecule has 1 aromatic carbocycles. The van der Waals surface area contributed by atoms with Crippen LogP contribution in [0.4, 0.5) is 4.39 Å². The molecule has 0 heterocycles. The minimum atomic E-state index is -0.450. The van der Waals surface area contributed by atoms with Gasteiger partial charge >= 0.3 is 0 Å². The van der Waals surface area contributed by atoms with Gasteiger partial charge in [-0.3, -0.25) is 4.79 Å². The van der Waals surface area contributed by atoms with Crippen LogP contribution >= 0.6 is 0 Å². The molecule has 0 aliphatic rings. The van der Waals surface area contributed by atoms with Crippen molar-refractivity contribution in [2.24, 2.45) is 0 Å². The van der Waals surface area contributed by atoms with E-state index in [0.717, 1.165) is 0 Å². The van der Waals surface area contributed by atoms with E-state index < -0.39 is 5.82 Å². The molecule has 1 aromatic rings. The highest BCUT2D eigenvalue weighted by molar-refractivity contribution is 5.94. The molecule has 15 heavy (non-hydrogen) atoms. The summed E-state index contributed by atoms with van der Waals surface area (Å²) >= 11 is 0. The summed E-state index contributed by atoms with van der Waals surface area (Å²) in [5, 5.41) is 2.62. The van der Waals surface area contributed by atoms with Gasteiger partial charge < -0.3 is 5.32 Å². The van der Waals surface area contributed by atoms with Crippen molar-refractivity contribution in [3.05, 3.63) is 47.8 Å². The van der Waals surface area contributed by atoms with E-state index in [-0.39, 0.29) is 11.5 Å². The third kappa shape index (κ3) is 2.91. The first kappa shape index (κ1) is 11.4. The molecule has 1 N–H and O–H groups in total. The van der Waals surface area contributed by atoms with E-state index in [9.17, 15) is 9.18 Å². The van der Waals surface area contributed by atoms with E-state index in [0.29, 0.717) is 18.5 Å². The number of halogens is 1. The van der Waals surface area contributed by atoms with Crippen LogP contribution in [0.5, 0.6) is 0 Å². The van der Waals surface area contributed by atoms with Crippen molar-refractivity contribution in [2.45, 2.75) is 13.3 Å². The first-order valence-corrected chi connectivity index (χ1v) is 4.81. The molecule has 0 saturated carbocycles. The van der Waals surface area contributed by atoms with Gasteiger partial charge in [-0.25, -0.2) is 4.39 Å². The van der Waals surface area contributed by atoms with Gasteiger partial charge in [-0.1, -0.05) is 18.2 Å². The Bertz CT molecular complexity index is 374. The summed E-state index contributed by atoms with van der Waals surface area (Å²) in [6.07, 6.45) is 2.38. The molecular formula is C12H14FNO. The fourth-order valence-corrected chi connectivity index (χ4v) is 1.21. The molecule has 0 aliphatic carbocycles. The number of hydrogen-bond acceptors (Lipinski definition) is 1. The molecule has 0 saturated heterocycles. The van der Waals surface area contributed by atoms with Crippen LogP contribution in [0.3, 0.4) is 0 Å². The van der Waals surface area contributed by atoms with Crippen LogP contribution in [-0.2, 0) is 0 Å². The predicted molar refractivity (Wildman–Crippen MR) is 58.3 cm³/mol. The SMILES string of the molecule is C=CCCNC(=O)c1cccc(C)c1F. The smallest absolute Gasteiger partial charge is 0.254 e. The number of nitrogens with one attached hydrogen (secondary N) is 1. The molecule has 0 atom stereocenters. The quantitative estimate of drug-likeness (QED) is 0.596. The minimum Gasteiger partial charge on any atom is -0.352 e. The Hall–Kier alpha value is -1.64. The molecule has 80 valence electrons. The van der Waals surface area contributed by atoms with Crippen molar-refractivity contribution in [2.75, 3.05) is 6.54 Å². The molecule has 0 radical (unpaired) electrons. The van der Waals surface area contributed by atoms with Crippen molar-refractivity contribution in [1.29, 1.82) is 0 Å². The van der Waals surface area contributed by atoms with Crippen LogP contribution in [0.15, 0.2) is 30.9 Å². The molecule has 0 aromatic heterocycles. The number of carbonyl (C=O) groups excluding carboxylic acids is 1. The molecule has 0 bridgehead atoms. The monoisotopic (exact) mass is 207 g/mol. The summed E-state index contributed by atoms with van der Waals surface area (Å²) in [6, 6.07) is 4.78. The topological polar surface area (TPSA) is 29.1 Å². The lowest BCUT2D eigenvalue weighted by atomic mass is 10.1. The Kier molecular flexibility index (Phi) is 4.03. The fourth-order valence-electron chi connectivity index (χ4n) is 1.21. The zero-order valence-corrected chi connectivity index (χ0v) is 8.72. The van der Waals surface area contributed by atoms with E-state index in [1.54, 1.807) is 25.1 Å². The van der Waals surface area contributed by atoms with Gasteiger partial charge in [0.15, 0.2) is 0 Å². The molecule has 0 fully saturated rings. The highest BCUT2D eigenvalue weighted by Crippen LogP contribution is 2.11. The third-order valence-electron chi connectivity index (χ3n) is 2.07. The Morgan fingerprint density at radius 1 is 1.60 bits per heavy atom. The highest BCUT2D eigenvalue weighted by atomic mass is 19.1. The maximum Gasteiger partial charge on any atom is 0.254 e. The molecular weight excluding hydrogens is 193 g/mol. The summed E-state index contributed by atoms with van der Waals surface area (Å²) in [4.78, 5) is 11.5. The van der Waals surface area contributed by atoms with Gasteiger partial charge in [0, 0.05) is 6.54 Å². The van der Waals surface area contributed by atoms with Crippen molar-refractivity contribution in [3.63, 3.8) is 0 Å². The standard InChI is InChI=1S/C12H14FNO/c1-3-4-8-14-12(15)10-7-5-6-9(2)11(10)13/h3,5-7H,1,4,8H2,2H3,(H,14,15).